The van der Waals surface area contributed by atoms with Crippen molar-refractivity contribution >= 4 is 34.4 Å². The number of urea groups is 1. The van der Waals surface area contributed by atoms with Gasteiger partial charge in [-0.1, -0.05) is 6.92 Å². The van der Waals surface area contributed by atoms with Gasteiger partial charge in [0.25, 0.3) is 0 Å². The second-order valence-electron chi connectivity index (χ2n) is 9.82. The first-order valence-electron chi connectivity index (χ1n) is 13.3. The fraction of sp³-hybridized carbons (Fsp3) is 0.429. The van der Waals surface area contributed by atoms with Gasteiger partial charge in [-0.25, -0.2) is 19.6 Å². The molecule has 39 heavy (non-hydrogen) atoms. The molecule has 0 radical (unpaired) electrons. The third-order valence-corrected chi connectivity index (χ3v) is 7.45. The van der Waals surface area contributed by atoms with Crippen LogP contribution in [0, 0.1) is 5.92 Å². The normalized spacial score (nSPS) is 18.2. The van der Waals surface area contributed by atoms with E-state index in [0.29, 0.717) is 49.3 Å². The first kappa shape index (κ1) is 26.5. The number of carbonyl (C=O) groups is 2. The number of nitrogens with zero attached hydrogens (tertiary/aromatic N) is 4. The summed E-state index contributed by atoms with van der Waals surface area (Å²) in [4.78, 5) is 36.8. The third-order valence-electron chi connectivity index (χ3n) is 7.45. The lowest BCUT2D eigenvalue weighted by Gasteiger charge is -2.35. The highest BCUT2D eigenvalue weighted by molar-refractivity contribution is 5.93. The molecular formula is C28H34N6O5. The molecule has 2 fully saturated rings. The minimum absolute atomic E-state index is 0.0991. The summed E-state index contributed by atoms with van der Waals surface area (Å²) in [5.41, 5.74) is 1.50. The van der Waals surface area contributed by atoms with E-state index in [9.17, 15) is 9.59 Å². The van der Waals surface area contributed by atoms with Crippen LogP contribution in [0.1, 0.15) is 30.1 Å². The van der Waals surface area contributed by atoms with Crippen molar-refractivity contribution in [2.24, 2.45) is 5.92 Å². The zero-order valence-electron chi connectivity index (χ0n) is 22.2. The molecule has 2 amide bonds. The summed E-state index contributed by atoms with van der Waals surface area (Å²) in [7, 11) is 1.64. The number of aromatic carboxylic acids is 1. The molecule has 11 heteroatoms. The molecule has 0 aliphatic carbocycles. The van der Waals surface area contributed by atoms with E-state index in [0.717, 1.165) is 42.7 Å². The molecule has 3 heterocycles. The number of ether oxygens (including phenoxy) is 2. The van der Waals surface area contributed by atoms with Gasteiger partial charge in [-0.15, -0.1) is 0 Å². The lowest BCUT2D eigenvalue weighted by Crippen LogP contribution is -2.50. The van der Waals surface area contributed by atoms with Crippen molar-refractivity contribution in [1.82, 2.24) is 20.2 Å². The summed E-state index contributed by atoms with van der Waals surface area (Å²) in [5, 5.41) is 16.2. The molecule has 2 unspecified atom stereocenters. The number of hydrogen-bond acceptors (Lipinski definition) is 8. The van der Waals surface area contributed by atoms with E-state index in [4.69, 9.17) is 14.6 Å². The van der Waals surface area contributed by atoms with Crippen LogP contribution in [0.15, 0.2) is 42.7 Å². The first-order chi connectivity index (χ1) is 19.0. The Hall–Kier alpha value is -4.12. The molecule has 1 aromatic heterocycles. The molecule has 206 valence electrons. The summed E-state index contributed by atoms with van der Waals surface area (Å²) in [5.74, 6) is 1.59. The van der Waals surface area contributed by atoms with Crippen molar-refractivity contribution in [3.8, 4) is 11.5 Å². The Morgan fingerprint density at radius 3 is 2.54 bits per heavy atom. The predicted octanol–water partition coefficient (Wildman–Crippen LogP) is 3.46. The maximum atomic E-state index is 12.8. The molecule has 11 nitrogen and oxygen atoms in total. The average molecular weight is 535 g/mol. The van der Waals surface area contributed by atoms with E-state index < -0.39 is 5.97 Å². The van der Waals surface area contributed by atoms with Gasteiger partial charge in [-0.2, -0.15) is 0 Å². The largest absolute Gasteiger partial charge is 0.493 e. The van der Waals surface area contributed by atoms with E-state index in [2.05, 4.69) is 32.4 Å². The Balaban J connectivity index is 1.27. The summed E-state index contributed by atoms with van der Waals surface area (Å²) < 4.78 is 12.2. The van der Waals surface area contributed by atoms with Gasteiger partial charge in [-0.05, 0) is 49.7 Å². The van der Waals surface area contributed by atoms with Crippen LogP contribution in [0.3, 0.4) is 0 Å². The van der Waals surface area contributed by atoms with Crippen LogP contribution in [0.4, 0.5) is 16.3 Å². The molecule has 0 saturated carbocycles. The number of aromatic nitrogens is 2. The van der Waals surface area contributed by atoms with Crippen LogP contribution in [0.25, 0.3) is 10.9 Å². The summed E-state index contributed by atoms with van der Waals surface area (Å²) in [6.45, 7) is 6.35. The number of carbonyl (C=O) groups excluding carboxylic acids is 1. The Labute approximate surface area is 227 Å². The van der Waals surface area contributed by atoms with E-state index in [1.807, 2.05) is 12.1 Å². The van der Waals surface area contributed by atoms with Crippen LogP contribution in [-0.2, 0) is 0 Å². The van der Waals surface area contributed by atoms with Gasteiger partial charge in [0.15, 0.2) is 11.5 Å². The molecule has 0 spiro atoms. The zero-order valence-corrected chi connectivity index (χ0v) is 22.2. The standard InChI is InChI=1S/C28H34N6O5/c1-3-23(19-8-9-29-16-19)39-25-15-22-21(14-24(25)38-2)26(31-17-30-22)33-10-12-34(13-11-33)28(37)32-20-6-4-18(5-7-20)27(35)36/h4-7,14-15,17,19,23,29H,3,8-13,16H2,1-2H3,(H,32,37)(H,35,36). The number of anilines is 2. The maximum Gasteiger partial charge on any atom is 0.335 e. The summed E-state index contributed by atoms with van der Waals surface area (Å²) >= 11 is 0. The highest BCUT2D eigenvalue weighted by Gasteiger charge is 2.27. The van der Waals surface area contributed by atoms with Gasteiger partial charge in [-0.3, -0.25) is 0 Å². The van der Waals surface area contributed by atoms with Gasteiger partial charge in [0.1, 0.15) is 18.2 Å². The summed E-state index contributed by atoms with van der Waals surface area (Å²) in [6, 6.07) is 9.76. The van der Waals surface area contributed by atoms with Gasteiger partial charge < -0.3 is 35.0 Å². The Kier molecular flexibility index (Phi) is 7.97. The molecule has 3 N–H and O–H groups in total. The minimum Gasteiger partial charge on any atom is -0.493 e. The Bertz CT molecular complexity index is 1320. The molecule has 2 saturated heterocycles. The topological polar surface area (TPSA) is 129 Å². The molecule has 0 bridgehead atoms. The van der Waals surface area contributed by atoms with Crippen molar-refractivity contribution in [3.05, 3.63) is 48.3 Å². The monoisotopic (exact) mass is 534 g/mol. The molecule has 2 aliphatic rings. The average Bonchev–Trinajstić information content (AvgIpc) is 3.50. The van der Waals surface area contributed by atoms with E-state index in [1.165, 1.54) is 12.1 Å². The SMILES string of the molecule is CCC(Oc1cc2ncnc(N3CCN(C(=O)Nc4ccc(C(=O)O)cc4)CC3)c2cc1OC)C1CCNC1. The number of piperazine rings is 1. The minimum atomic E-state index is -1.01. The van der Waals surface area contributed by atoms with Crippen molar-refractivity contribution in [3.63, 3.8) is 0 Å². The number of amides is 2. The molecule has 2 aromatic carbocycles. The van der Waals surface area contributed by atoms with E-state index in [1.54, 1.807) is 30.5 Å². The van der Waals surface area contributed by atoms with Crippen LogP contribution in [0.2, 0.25) is 0 Å². The van der Waals surface area contributed by atoms with Crippen molar-refractivity contribution in [2.75, 3.05) is 56.6 Å². The lowest BCUT2D eigenvalue weighted by molar-refractivity contribution is 0.0697. The second kappa shape index (κ2) is 11.7. The lowest BCUT2D eigenvalue weighted by atomic mass is 9.99. The van der Waals surface area contributed by atoms with Gasteiger partial charge >= 0.3 is 12.0 Å². The number of hydrogen-bond donors (Lipinski definition) is 3. The number of carboxylic acids is 1. The highest BCUT2D eigenvalue weighted by Crippen LogP contribution is 2.37. The van der Waals surface area contributed by atoms with Crippen molar-refractivity contribution in [1.29, 1.82) is 0 Å². The zero-order chi connectivity index (χ0) is 27.4. The second-order valence-corrected chi connectivity index (χ2v) is 9.82. The Morgan fingerprint density at radius 1 is 1.13 bits per heavy atom. The van der Waals surface area contributed by atoms with Crippen molar-refractivity contribution in [2.45, 2.75) is 25.9 Å². The van der Waals surface area contributed by atoms with Crippen LogP contribution < -0.4 is 25.0 Å². The number of carboxylic acid groups (broad SMARTS) is 1. The molecule has 2 atom stereocenters. The number of rotatable bonds is 8. The predicted molar refractivity (Wildman–Crippen MR) is 148 cm³/mol. The van der Waals surface area contributed by atoms with Gasteiger partial charge in [0.05, 0.1) is 18.2 Å². The van der Waals surface area contributed by atoms with Crippen LogP contribution in [0.5, 0.6) is 11.5 Å². The van der Waals surface area contributed by atoms with Crippen LogP contribution >= 0.6 is 0 Å². The molecular weight excluding hydrogens is 500 g/mol. The van der Waals surface area contributed by atoms with E-state index >= 15 is 0 Å². The van der Waals surface area contributed by atoms with Gasteiger partial charge in [0.2, 0.25) is 0 Å². The highest BCUT2D eigenvalue weighted by atomic mass is 16.5. The smallest absolute Gasteiger partial charge is 0.335 e. The number of nitrogens with one attached hydrogen (secondary N) is 2. The van der Waals surface area contributed by atoms with Gasteiger partial charge in [0, 0.05) is 55.8 Å². The fourth-order valence-corrected chi connectivity index (χ4v) is 5.24. The van der Waals surface area contributed by atoms with Crippen molar-refractivity contribution < 1.29 is 24.2 Å². The third kappa shape index (κ3) is 5.83. The van der Waals surface area contributed by atoms with E-state index in [-0.39, 0.29) is 17.7 Å². The number of benzene rings is 2. The number of fused-ring (bicyclic) bond motifs is 1. The first-order valence-corrected chi connectivity index (χ1v) is 13.3. The maximum absolute atomic E-state index is 12.8. The molecule has 2 aliphatic heterocycles. The quantitative estimate of drug-likeness (QED) is 0.398. The molecule has 5 rings (SSSR count). The fourth-order valence-electron chi connectivity index (χ4n) is 5.24. The Morgan fingerprint density at radius 2 is 1.90 bits per heavy atom. The summed E-state index contributed by atoms with van der Waals surface area (Å²) in [6.07, 6.45) is 3.67. The number of methoxy groups -OCH3 is 1. The molecule has 3 aromatic rings. The van der Waals surface area contributed by atoms with Crippen LogP contribution in [-0.4, -0.2) is 84.5 Å².